The van der Waals surface area contributed by atoms with E-state index in [-0.39, 0.29) is 24.0 Å². The van der Waals surface area contributed by atoms with E-state index in [4.69, 9.17) is 4.99 Å². The van der Waals surface area contributed by atoms with E-state index in [1.165, 1.54) is 30.5 Å². The monoisotopic (exact) mass is 481 g/mol. The van der Waals surface area contributed by atoms with Crippen molar-refractivity contribution < 1.29 is 0 Å². The summed E-state index contributed by atoms with van der Waals surface area (Å²) in [4.78, 5) is 7.32. The van der Waals surface area contributed by atoms with Gasteiger partial charge in [0.05, 0.1) is 6.54 Å². The Morgan fingerprint density at radius 1 is 1.15 bits per heavy atom. The minimum atomic E-state index is 0. The van der Waals surface area contributed by atoms with E-state index < -0.39 is 0 Å². The van der Waals surface area contributed by atoms with Gasteiger partial charge >= 0.3 is 0 Å². The average Bonchev–Trinajstić information content (AvgIpc) is 3.27. The normalized spacial score (nSPS) is 17.6. The Labute approximate surface area is 180 Å². The number of hydrogen-bond acceptors (Lipinski definition) is 2. The standard InChI is InChI=1S/C21H31N5.HI/c1-3-22-21(23-14-19-11-13-25(2)16-19)24-15-20-10-7-12-26(20)17-18-8-5-4-6-9-18;/h4-6,8-9,11,13,16,20H,3,7,10,12,14-15,17H2,1-2H3,(H2,22,23,24);1H. The van der Waals surface area contributed by atoms with Crippen molar-refractivity contribution in [2.24, 2.45) is 12.0 Å². The molecule has 2 N–H and O–H groups in total. The lowest BCUT2D eigenvalue weighted by molar-refractivity contribution is 0.245. The van der Waals surface area contributed by atoms with Crippen LogP contribution >= 0.6 is 24.0 Å². The van der Waals surface area contributed by atoms with Gasteiger partial charge in [0.25, 0.3) is 0 Å². The van der Waals surface area contributed by atoms with Crippen LogP contribution in [0.3, 0.4) is 0 Å². The molecule has 5 nitrogen and oxygen atoms in total. The molecule has 1 aromatic heterocycles. The van der Waals surface area contributed by atoms with Gasteiger partial charge in [-0.3, -0.25) is 4.90 Å². The molecular formula is C21H32IN5. The van der Waals surface area contributed by atoms with Gasteiger partial charge in [-0.2, -0.15) is 0 Å². The first-order chi connectivity index (χ1) is 12.7. The summed E-state index contributed by atoms with van der Waals surface area (Å²) in [6.45, 7) is 6.84. The second-order valence-electron chi connectivity index (χ2n) is 7.01. The van der Waals surface area contributed by atoms with Crippen LogP contribution in [0.1, 0.15) is 30.9 Å². The number of benzene rings is 1. The van der Waals surface area contributed by atoms with Crippen molar-refractivity contribution >= 4 is 29.9 Å². The molecule has 148 valence electrons. The number of halogens is 1. The number of likely N-dealkylation sites (tertiary alicyclic amines) is 1. The molecule has 0 bridgehead atoms. The Kier molecular flexibility index (Phi) is 9.14. The molecule has 3 rings (SSSR count). The van der Waals surface area contributed by atoms with Crippen molar-refractivity contribution in [3.8, 4) is 0 Å². The molecule has 6 heteroatoms. The summed E-state index contributed by atoms with van der Waals surface area (Å²) in [6, 6.07) is 13.4. The van der Waals surface area contributed by atoms with Gasteiger partial charge in [0, 0.05) is 45.1 Å². The number of nitrogens with one attached hydrogen (secondary N) is 2. The maximum Gasteiger partial charge on any atom is 0.191 e. The molecule has 2 heterocycles. The van der Waals surface area contributed by atoms with Crippen LogP contribution in [0.15, 0.2) is 53.8 Å². The fraction of sp³-hybridized carbons (Fsp3) is 0.476. The first-order valence-corrected chi connectivity index (χ1v) is 9.65. The summed E-state index contributed by atoms with van der Waals surface area (Å²) in [5, 5.41) is 6.91. The summed E-state index contributed by atoms with van der Waals surface area (Å²) >= 11 is 0. The molecule has 1 fully saturated rings. The molecule has 1 unspecified atom stereocenters. The van der Waals surface area contributed by atoms with Crippen molar-refractivity contribution in [1.29, 1.82) is 0 Å². The maximum atomic E-state index is 4.73. The molecule has 27 heavy (non-hydrogen) atoms. The van der Waals surface area contributed by atoms with Gasteiger partial charge in [-0.25, -0.2) is 4.99 Å². The second-order valence-corrected chi connectivity index (χ2v) is 7.01. The quantitative estimate of drug-likeness (QED) is 0.362. The molecule has 1 saturated heterocycles. The van der Waals surface area contributed by atoms with E-state index in [9.17, 15) is 0 Å². The first-order valence-electron chi connectivity index (χ1n) is 9.65. The second kappa shape index (κ2) is 11.3. The molecule has 1 atom stereocenters. The SMILES string of the molecule is CCNC(=NCc1ccn(C)c1)NCC1CCCN1Cc1ccccc1.I. The maximum absolute atomic E-state index is 4.73. The van der Waals surface area contributed by atoms with Crippen LogP contribution in [-0.4, -0.2) is 41.1 Å². The van der Waals surface area contributed by atoms with Crippen LogP contribution in [0.2, 0.25) is 0 Å². The lowest BCUT2D eigenvalue weighted by Gasteiger charge is -2.25. The zero-order valence-electron chi connectivity index (χ0n) is 16.4. The molecule has 0 amide bonds. The zero-order chi connectivity index (χ0) is 18.2. The lowest BCUT2D eigenvalue weighted by atomic mass is 10.2. The van der Waals surface area contributed by atoms with Gasteiger partial charge in [-0.1, -0.05) is 30.3 Å². The molecule has 0 saturated carbocycles. The lowest BCUT2D eigenvalue weighted by Crippen LogP contribution is -2.44. The molecule has 1 aromatic carbocycles. The topological polar surface area (TPSA) is 44.6 Å². The minimum Gasteiger partial charge on any atom is -0.357 e. The molecule has 1 aliphatic heterocycles. The van der Waals surface area contributed by atoms with Crippen LogP contribution in [0.25, 0.3) is 0 Å². The van der Waals surface area contributed by atoms with Gasteiger partial charge in [0.15, 0.2) is 5.96 Å². The fourth-order valence-electron chi connectivity index (χ4n) is 3.53. The predicted octanol–water partition coefficient (Wildman–Crippen LogP) is 3.36. The third kappa shape index (κ3) is 6.84. The fourth-order valence-corrected chi connectivity index (χ4v) is 3.53. The number of guanidine groups is 1. The number of rotatable bonds is 7. The molecule has 0 radical (unpaired) electrons. The highest BCUT2D eigenvalue weighted by Gasteiger charge is 2.24. The molecule has 0 aliphatic carbocycles. The van der Waals surface area contributed by atoms with Crippen molar-refractivity contribution in [1.82, 2.24) is 20.1 Å². The summed E-state index contributed by atoms with van der Waals surface area (Å²) < 4.78 is 2.06. The Balaban J connectivity index is 0.00000261. The van der Waals surface area contributed by atoms with Crippen molar-refractivity contribution in [3.63, 3.8) is 0 Å². The predicted molar refractivity (Wildman–Crippen MR) is 124 cm³/mol. The van der Waals surface area contributed by atoms with E-state index in [0.29, 0.717) is 12.6 Å². The average molecular weight is 481 g/mol. The zero-order valence-corrected chi connectivity index (χ0v) is 18.7. The van der Waals surface area contributed by atoms with E-state index in [1.807, 2.05) is 7.05 Å². The third-order valence-corrected chi connectivity index (χ3v) is 4.89. The van der Waals surface area contributed by atoms with Crippen molar-refractivity contribution in [2.45, 2.75) is 38.9 Å². The molecular weight excluding hydrogens is 449 g/mol. The number of nitrogens with zero attached hydrogens (tertiary/aromatic N) is 3. The van der Waals surface area contributed by atoms with E-state index in [2.05, 4.69) is 75.8 Å². The molecule has 2 aromatic rings. The highest BCUT2D eigenvalue weighted by molar-refractivity contribution is 14.0. The van der Waals surface area contributed by atoms with E-state index in [0.717, 1.165) is 25.6 Å². The Hall–Kier alpha value is -1.54. The first kappa shape index (κ1) is 21.8. The van der Waals surface area contributed by atoms with Crippen LogP contribution < -0.4 is 10.6 Å². The van der Waals surface area contributed by atoms with Crippen molar-refractivity contribution in [2.75, 3.05) is 19.6 Å². The van der Waals surface area contributed by atoms with E-state index in [1.54, 1.807) is 0 Å². The smallest absolute Gasteiger partial charge is 0.191 e. The number of aliphatic imine (C=N–C) groups is 1. The minimum absolute atomic E-state index is 0. The van der Waals surface area contributed by atoms with Gasteiger partial charge < -0.3 is 15.2 Å². The number of aryl methyl sites for hydroxylation is 1. The van der Waals surface area contributed by atoms with Gasteiger partial charge in [0.1, 0.15) is 0 Å². The van der Waals surface area contributed by atoms with Crippen LogP contribution in [-0.2, 0) is 20.1 Å². The van der Waals surface area contributed by atoms with Gasteiger partial charge in [0.2, 0.25) is 0 Å². The summed E-state index contributed by atoms with van der Waals surface area (Å²) in [6.07, 6.45) is 6.70. The highest BCUT2D eigenvalue weighted by Crippen LogP contribution is 2.19. The van der Waals surface area contributed by atoms with Crippen LogP contribution in [0.4, 0.5) is 0 Å². The Morgan fingerprint density at radius 3 is 2.67 bits per heavy atom. The van der Waals surface area contributed by atoms with E-state index >= 15 is 0 Å². The van der Waals surface area contributed by atoms with Crippen LogP contribution in [0.5, 0.6) is 0 Å². The Morgan fingerprint density at radius 2 is 1.96 bits per heavy atom. The van der Waals surface area contributed by atoms with Gasteiger partial charge in [-0.15, -0.1) is 24.0 Å². The summed E-state index contributed by atoms with van der Waals surface area (Å²) in [5.74, 6) is 0.905. The summed E-state index contributed by atoms with van der Waals surface area (Å²) in [5.41, 5.74) is 2.63. The molecule has 1 aliphatic rings. The largest absolute Gasteiger partial charge is 0.357 e. The van der Waals surface area contributed by atoms with Gasteiger partial charge in [-0.05, 0) is 43.5 Å². The highest BCUT2D eigenvalue weighted by atomic mass is 127. The number of hydrogen-bond donors (Lipinski definition) is 2. The van der Waals surface area contributed by atoms with Crippen molar-refractivity contribution in [3.05, 3.63) is 59.9 Å². The van der Waals surface area contributed by atoms with Crippen LogP contribution in [0, 0.1) is 0 Å². The number of aromatic nitrogens is 1. The molecule has 0 spiro atoms. The Bertz CT molecular complexity index is 698. The summed E-state index contributed by atoms with van der Waals surface area (Å²) in [7, 11) is 2.04. The third-order valence-electron chi connectivity index (χ3n) is 4.89.